The Kier molecular flexibility index (Phi) is 11.7. The molecule has 0 aliphatic rings. The van der Waals surface area contributed by atoms with E-state index in [4.69, 9.17) is 4.42 Å². The second-order valence-electron chi connectivity index (χ2n) is 9.06. The number of alkyl halides is 3. The number of carbonyl (C=O) groups excluding carboxylic acids is 3. The minimum atomic E-state index is -4.96. The third kappa shape index (κ3) is 9.53. The Balaban J connectivity index is 2.16. The average Bonchev–Trinajstić information content (AvgIpc) is 3.33. The molecule has 0 aliphatic carbocycles. The molecule has 2 N–H and O–H groups in total. The highest BCUT2D eigenvalue weighted by molar-refractivity contribution is 7.99. The lowest BCUT2D eigenvalue weighted by atomic mass is 10.00. The Bertz CT molecular complexity index is 1040. The molecule has 2 atom stereocenters. The van der Waals surface area contributed by atoms with Crippen LogP contribution in [-0.4, -0.2) is 35.4 Å². The van der Waals surface area contributed by atoms with Gasteiger partial charge in [0.25, 0.3) is 5.91 Å². The van der Waals surface area contributed by atoms with Crippen molar-refractivity contribution in [3.8, 4) is 0 Å². The van der Waals surface area contributed by atoms with Crippen LogP contribution < -0.4 is 10.6 Å². The Morgan fingerprint density at radius 1 is 1.05 bits per heavy atom. The lowest BCUT2D eigenvalue weighted by Gasteiger charge is -2.24. The number of hydrogen-bond donors (Lipinski definition) is 2. The summed E-state index contributed by atoms with van der Waals surface area (Å²) in [6, 6.07) is 3.65. The van der Waals surface area contributed by atoms with E-state index in [1.807, 2.05) is 6.92 Å². The van der Waals surface area contributed by atoms with Crippen LogP contribution in [0.4, 0.5) is 17.6 Å². The minimum absolute atomic E-state index is 0.0787. The van der Waals surface area contributed by atoms with E-state index in [9.17, 15) is 31.9 Å². The predicted molar refractivity (Wildman–Crippen MR) is 133 cm³/mol. The molecule has 1 aromatic heterocycles. The normalized spacial score (nSPS) is 13.3. The van der Waals surface area contributed by atoms with Gasteiger partial charge in [0.2, 0.25) is 5.91 Å². The lowest BCUT2D eigenvalue weighted by Crippen LogP contribution is -2.52. The largest absolute Gasteiger partial charge is 0.468 e. The summed E-state index contributed by atoms with van der Waals surface area (Å²) in [5, 5.41) is 4.92. The molecule has 37 heavy (non-hydrogen) atoms. The molecule has 2 rings (SSSR count). The van der Waals surface area contributed by atoms with Crippen molar-refractivity contribution in [2.75, 3.05) is 5.75 Å². The van der Waals surface area contributed by atoms with Gasteiger partial charge < -0.3 is 15.1 Å². The number of carbonyl (C=O) groups is 3. The molecule has 1 heterocycles. The summed E-state index contributed by atoms with van der Waals surface area (Å²) >= 11 is 1.33. The van der Waals surface area contributed by atoms with Gasteiger partial charge in [-0.3, -0.25) is 14.4 Å². The van der Waals surface area contributed by atoms with Gasteiger partial charge in [-0.15, -0.1) is 11.8 Å². The minimum Gasteiger partial charge on any atom is -0.468 e. The molecule has 2 aromatic rings. The molecule has 0 saturated heterocycles. The van der Waals surface area contributed by atoms with Gasteiger partial charge in [0.1, 0.15) is 17.6 Å². The van der Waals surface area contributed by atoms with Crippen molar-refractivity contribution in [3.63, 3.8) is 0 Å². The third-order valence-corrected chi connectivity index (χ3v) is 6.47. The standard InChI is InChI=1S/C26H32F4N2O4S/c1-4-5-11-20(22(33)15-37-14-17-8-7-12-36-17)31-24(34)21(13-16(2)3)32-25(35)23-18(26(28,29)30)9-6-10-19(23)27/h6-10,12,16,20-21H,4-5,11,13-15H2,1-3H3,(H,31,34)(H,32,35). The second kappa shape index (κ2) is 14.2. The Morgan fingerprint density at radius 3 is 2.38 bits per heavy atom. The van der Waals surface area contributed by atoms with Crippen molar-refractivity contribution < 1.29 is 36.4 Å². The topological polar surface area (TPSA) is 88.4 Å². The predicted octanol–water partition coefficient (Wildman–Crippen LogP) is 5.76. The van der Waals surface area contributed by atoms with E-state index in [-0.39, 0.29) is 23.9 Å². The van der Waals surface area contributed by atoms with Crippen LogP contribution in [0.2, 0.25) is 0 Å². The average molecular weight is 545 g/mol. The summed E-state index contributed by atoms with van der Waals surface area (Å²) in [4.78, 5) is 38.8. The highest BCUT2D eigenvalue weighted by Gasteiger charge is 2.38. The SMILES string of the molecule is CCCCC(NC(=O)C(CC(C)C)NC(=O)c1c(F)cccc1C(F)(F)F)C(=O)CSCc1ccco1. The highest BCUT2D eigenvalue weighted by Crippen LogP contribution is 2.33. The fraction of sp³-hybridized carbons (Fsp3) is 0.500. The van der Waals surface area contributed by atoms with Gasteiger partial charge in [-0.2, -0.15) is 13.2 Å². The summed E-state index contributed by atoms with van der Waals surface area (Å²) in [7, 11) is 0. The second-order valence-corrected chi connectivity index (χ2v) is 10.0. The maximum atomic E-state index is 14.3. The van der Waals surface area contributed by atoms with E-state index in [1.165, 1.54) is 18.0 Å². The van der Waals surface area contributed by atoms with Crippen molar-refractivity contribution in [3.05, 3.63) is 59.3 Å². The van der Waals surface area contributed by atoms with Crippen LogP contribution in [0.3, 0.4) is 0 Å². The number of halogens is 4. The number of thioether (sulfide) groups is 1. The molecule has 6 nitrogen and oxygen atoms in total. The molecule has 0 fully saturated rings. The summed E-state index contributed by atoms with van der Waals surface area (Å²) in [6.45, 7) is 5.47. The molecule has 0 aliphatic heterocycles. The van der Waals surface area contributed by atoms with Crippen LogP contribution in [0, 0.1) is 11.7 Å². The van der Waals surface area contributed by atoms with E-state index in [1.54, 1.807) is 26.0 Å². The van der Waals surface area contributed by atoms with E-state index in [2.05, 4.69) is 10.6 Å². The van der Waals surface area contributed by atoms with Gasteiger partial charge in [-0.05, 0) is 43.0 Å². The van der Waals surface area contributed by atoms with Crippen LogP contribution in [0.1, 0.15) is 68.1 Å². The fourth-order valence-corrected chi connectivity index (χ4v) is 4.54. The van der Waals surface area contributed by atoms with Crippen molar-refractivity contribution in [2.24, 2.45) is 5.92 Å². The van der Waals surface area contributed by atoms with Crippen LogP contribution in [0.15, 0.2) is 41.0 Å². The Hall–Kier alpha value is -2.82. The first-order valence-corrected chi connectivity index (χ1v) is 13.2. The molecule has 1 aromatic carbocycles. The maximum absolute atomic E-state index is 14.3. The van der Waals surface area contributed by atoms with E-state index >= 15 is 0 Å². The number of amides is 2. The zero-order valence-electron chi connectivity index (χ0n) is 21.0. The number of furan rings is 1. The van der Waals surface area contributed by atoms with E-state index in [0.717, 1.165) is 18.6 Å². The number of ketones is 1. The number of hydrogen-bond acceptors (Lipinski definition) is 5. The third-order valence-electron chi connectivity index (χ3n) is 5.50. The van der Waals surface area contributed by atoms with Gasteiger partial charge in [-0.1, -0.05) is 39.7 Å². The van der Waals surface area contributed by atoms with Crippen molar-refractivity contribution in [1.29, 1.82) is 0 Å². The lowest BCUT2D eigenvalue weighted by molar-refractivity contribution is -0.138. The molecule has 2 unspecified atom stereocenters. The monoisotopic (exact) mass is 544 g/mol. The first-order chi connectivity index (χ1) is 17.4. The van der Waals surface area contributed by atoms with Crippen LogP contribution in [0.25, 0.3) is 0 Å². The number of benzene rings is 1. The van der Waals surface area contributed by atoms with Gasteiger partial charge in [-0.25, -0.2) is 4.39 Å². The van der Waals surface area contributed by atoms with E-state index < -0.39 is 47.0 Å². The van der Waals surface area contributed by atoms with Gasteiger partial charge in [0.15, 0.2) is 5.78 Å². The number of Topliss-reactive ketones (excluding diaryl/α,β-unsaturated/α-hetero) is 1. The molecular weight excluding hydrogens is 512 g/mol. The quantitative estimate of drug-likeness (QED) is 0.295. The molecule has 0 saturated carbocycles. The van der Waals surface area contributed by atoms with Gasteiger partial charge in [0, 0.05) is 0 Å². The van der Waals surface area contributed by atoms with E-state index in [0.29, 0.717) is 30.4 Å². The maximum Gasteiger partial charge on any atom is 0.417 e. The molecule has 11 heteroatoms. The first kappa shape index (κ1) is 30.4. The molecule has 0 radical (unpaired) electrons. The van der Waals surface area contributed by atoms with Crippen molar-refractivity contribution in [2.45, 2.75) is 70.5 Å². The number of nitrogens with one attached hydrogen (secondary N) is 2. The van der Waals surface area contributed by atoms with Crippen molar-refractivity contribution in [1.82, 2.24) is 10.6 Å². The zero-order chi connectivity index (χ0) is 27.6. The zero-order valence-corrected chi connectivity index (χ0v) is 21.8. The smallest absolute Gasteiger partial charge is 0.417 e. The summed E-state index contributed by atoms with van der Waals surface area (Å²) in [6.07, 6.45) is -1.55. The summed E-state index contributed by atoms with van der Waals surface area (Å²) < 4.78 is 59.7. The molecule has 0 bridgehead atoms. The first-order valence-electron chi connectivity index (χ1n) is 12.0. The van der Waals surface area contributed by atoms with Crippen LogP contribution in [0.5, 0.6) is 0 Å². The van der Waals surface area contributed by atoms with Gasteiger partial charge in [0.05, 0.1) is 34.9 Å². The van der Waals surface area contributed by atoms with Crippen molar-refractivity contribution >= 4 is 29.4 Å². The summed E-state index contributed by atoms with van der Waals surface area (Å²) in [5.41, 5.74) is -2.61. The molecule has 0 spiro atoms. The summed E-state index contributed by atoms with van der Waals surface area (Å²) in [5.74, 6) is -2.47. The molecule has 2 amide bonds. The highest BCUT2D eigenvalue weighted by atomic mass is 32.2. The van der Waals surface area contributed by atoms with Gasteiger partial charge >= 0.3 is 6.18 Å². The van der Waals surface area contributed by atoms with Crippen LogP contribution in [-0.2, 0) is 21.5 Å². The fourth-order valence-electron chi connectivity index (χ4n) is 3.67. The Morgan fingerprint density at radius 2 is 1.78 bits per heavy atom. The number of rotatable bonds is 14. The number of unbranched alkanes of at least 4 members (excludes halogenated alkanes) is 1. The van der Waals surface area contributed by atoms with Crippen LogP contribution >= 0.6 is 11.8 Å². The molecule has 204 valence electrons. The Labute approximate surface area is 217 Å². The molecular formula is C26H32F4N2O4S.